The van der Waals surface area contributed by atoms with Crippen LogP contribution in [-0.4, -0.2) is 59.6 Å². The van der Waals surface area contributed by atoms with Gasteiger partial charge in [0.05, 0.1) is 13.0 Å². The fourth-order valence-electron chi connectivity index (χ4n) is 3.89. The van der Waals surface area contributed by atoms with Crippen molar-refractivity contribution in [1.29, 1.82) is 0 Å². The second-order valence-electron chi connectivity index (χ2n) is 10.5. The minimum Gasteiger partial charge on any atom is -0.466 e. The second-order valence-corrected chi connectivity index (χ2v) is 10.5. The number of ether oxygens (including phenoxy) is 2. The average Bonchev–Trinajstić information content (AvgIpc) is 2.88. The first-order chi connectivity index (χ1) is 18.3. The van der Waals surface area contributed by atoms with Gasteiger partial charge in [-0.1, -0.05) is 45.2 Å². The highest BCUT2D eigenvalue weighted by Crippen LogP contribution is 2.28. The molecule has 0 aliphatic rings. The maximum Gasteiger partial charge on any atom is 0.408 e. The molecule has 2 N–H and O–H groups in total. The van der Waals surface area contributed by atoms with E-state index in [1.165, 1.54) is 4.90 Å². The van der Waals surface area contributed by atoms with Crippen molar-refractivity contribution in [3.8, 4) is 12.3 Å². The summed E-state index contributed by atoms with van der Waals surface area (Å²) < 4.78 is 10.4. The van der Waals surface area contributed by atoms with Crippen molar-refractivity contribution in [2.24, 2.45) is 5.92 Å². The van der Waals surface area contributed by atoms with Crippen LogP contribution in [-0.2, 0) is 23.9 Å². The topological polar surface area (TPSA) is 114 Å². The number of nitrogens with zero attached hydrogens (tertiary/aromatic N) is 1. The molecule has 0 saturated heterocycles. The Labute approximate surface area is 233 Å². The molecule has 39 heavy (non-hydrogen) atoms. The number of carbonyl (C=O) groups excluding carboxylic acids is 4. The van der Waals surface area contributed by atoms with E-state index in [4.69, 9.17) is 15.9 Å². The summed E-state index contributed by atoms with van der Waals surface area (Å²) in [6.07, 6.45) is 5.97. The third-order valence-corrected chi connectivity index (χ3v) is 6.32. The highest BCUT2D eigenvalue weighted by Gasteiger charge is 2.40. The van der Waals surface area contributed by atoms with Gasteiger partial charge in [-0.2, -0.15) is 0 Å². The van der Waals surface area contributed by atoms with E-state index in [0.29, 0.717) is 24.0 Å². The van der Waals surface area contributed by atoms with Gasteiger partial charge in [0, 0.05) is 18.2 Å². The van der Waals surface area contributed by atoms with Gasteiger partial charge in [-0.25, -0.2) is 4.79 Å². The second kappa shape index (κ2) is 15.8. The number of rotatable bonds is 13. The lowest BCUT2D eigenvalue weighted by atomic mass is 9.94. The zero-order valence-electron chi connectivity index (χ0n) is 24.6. The molecule has 0 saturated carbocycles. The summed E-state index contributed by atoms with van der Waals surface area (Å²) in [6.45, 7) is 14.8. The van der Waals surface area contributed by atoms with E-state index in [9.17, 15) is 19.2 Å². The lowest BCUT2D eigenvalue weighted by molar-refractivity contribution is -0.146. The van der Waals surface area contributed by atoms with Gasteiger partial charge in [-0.05, 0) is 64.7 Å². The Kier molecular flexibility index (Phi) is 13.5. The van der Waals surface area contributed by atoms with E-state index in [1.54, 1.807) is 52.0 Å². The van der Waals surface area contributed by atoms with Gasteiger partial charge in [0.15, 0.2) is 0 Å². The van der Waals surface area contributed by atoms with Crippen LogP contribution in [0.4, 0.5) is 4.79 Å². The molecular weight excluding hydrogens is 498 g/mol. The molecule has 216 valence electrons. The Balaban J connectivity index is 3.50. The third kappa shape index (κ3) is 10.6. The molecule has 0 aliphatic heterocycles. The number of nitrogens with one attached hydrogen (secondary N) is 2. The molecular formula is C30H45N3O6. The van der Waals surface area contributed by atoms with E-state index < -0.39 is 41.6 Å². The van der Waals surface area contributed by atoms with Gasteiger partial charge in [0.25, 0.3) is 0 Å². The van der Waals surface area contributed by atoms with E-state index >= 15 is 0 Å². The van der Waals surface area contributed by atoms with Gasteiger partial charge < -0.3 is 25.0 Å². The number of amides is 3. The number of alkyl carbamates (subject to hydrolysis) is 1. The first kappa shape index (κ1) is 33.5. The first-order valence-corrected chi connectivity index (χ1v) is 13.6. The van der Waals surface area contributed by atoms with Gasteiger partial charge in [0.1, 0.15) is 17.7 Å². The van der Waals surface area contributed by atoms with Crippen molar-refractivity contribution in [1.82, 2.24) is 15.5 Å². The number of esters is 1. The molecule has 0 aromatic heterocycles. The molecule has 4 atom stereocenters. The molecule has 1 aromatic carbocycles. The van der Waals surface area contributed by atoms with E-state index in [0.717, 1.165) is 0 Å². The predicted octanol–water partition coefficient (Wildman–Crippen LogP) is 4.34. The Hall–Kier alpha value is -3.54. The molecule has 0 radical (unpaired) electrons. The van der Waals surface area contributed by atoms with Crippen LogP contribution >= 0.6 is 0 Å². The van der Waals surface area contributed by atoms with Gasteiger partial charge in [-0.15, -0.1) is 6.42 Å². The molecule has 9 nitrogen and oxygen atoms in total. The predicted molar refractivity (Wildman–Crippen MR) is 151 cm³/mol. The molecule has 1 aromatic rings. The Morgan fingerprint density at radius 3 is 2.13 bits per heavy atom. The Morgan fingerprint density at radius 2 is 1.64 bits per heavy atom. The summed E-state index contributed by atoms with van der Waals surface area (Å²) in [5, 5.41) is 5.53. The molecule has 3 amide bonds. The molecule has 0 aliphatic carbocycles. The summed E-state index contributed by atoms with van der Waals surface area (Å²) in [5.74, 6) is 1.02. The van der Waals surface area contributed by atoms with Crippen molar-refractivity contribution in [3.05, 3.63) is 35.4 Å². The summed E-state index contributed by atoms with van der Waals surface area (Å²) >= 11 is 0. The number of benzene rings is 1. The number of carbonyl (C=O) groups is 4. The minimum absolute atomic E-state index is 0.00466. The SMILES string of the molecule is C#Cc1ccc(C(C(=O)NCCC(=O)OCC)N(C(=O)C(NC(=O)OC(C)(C)C)C(C)CC)C(C)CC)cc1. The van der Waals surface area contributed by atoms with Crippen LogP contribution in [0.25, 0.3) is 0 Å². The molecule has 0 fully saturated rings. The lowest BCUT2D eigenvalue weighted by Gasteiger charge is -2.39. The van der Waals surface area contributed by atoms with Gasteiger partial charge >= 0.3 is 12.1 Å². The van der Waals surface area contributed by atoms with Crippen molar-refractivity contribution in [2.75, 3.05) is 13.2 Å². The minimum atomic E-state index is -1.03. The summed E-state index contributed by atoms with van der Waals surface area (Å²) in [7, 11) is 0. The van der Waals surface area contributed by atoms with E-state index in [1.807, 2.05) is 27.7 Å². The highest BCUT2D eigenvalue weighted by molar-refractivity contribution is 5.92. The fraction of sp³-hybridized carbons (Fsp3) is 0.600. The molecule has 1 rings (SSSR count). The quantitative estimate of drug-likeness (QED) is 0.283. The third-order valence-electron chi connectivity index (χ3n) is 6.32. The van der Waals surface area contributed by atoms with Crippen LogP contribution in [0.1, 0.15) is 91.8 Å². The smallest absolute Gasteiger partial charge is 0.408 e. The molecule has 4 unspecified atom stereocenters. The van der Waals surface area contributed by atoms with Crippen molar-refractivity contribution < 1.29 is 28.7 Å². The van der Waals surface area contributed by atoms with Crippen LogP contribution in [0.5, 0.6) is 0 Å². The number of terminal acetylenes is 1. The first-order valence-electron chi connectivity index (χ1n) is 13.6. The van der Waals surface area contributed by atoms with Gasteiger partial charge in [-0.3, -0.25) is 14.4 Å². The molecule has 0 spiro atoms. The molecule has 0 heterocycles. The van der Waals surface area contributed by atoms with Crippen LogP contribution in [0.15, 0.2) is 24.3 Å². The van der Waals surface area contributed by atoms with Crippen LogP contribution in [0.2, 0.25) is 0 Å². The monoisotopic (exact) mass is 543 g/mol. The van der Waals surface area contributed by atoms with Crippen molar-refractivity contribution >= 4 is 23.9 Å². The van der Waals surface area contributed by atoms with Crippen molar-refractivity contribution in [3.63, 3.8) is 0 Å². The summed E-state index contributed by atoms with van der Waals surface area (Å²) in [4.78, 5) is 53.9. The van der Waals surface area contributed by atoms with Gasteiger partial charge in [0.2, 0.25) is 11.8 Å². The molecule has 9 heteroatoms. The van der Waals surface area contributed by atoms with E-state index in [-0.39, 0.29) is 31.5 Å². The highest BCUT2D eigenvalue weighted by atomic mass is 16.6. The largest absolute Gasteiger partial charge is 0.466 e. The molecule has 0 bridgehead atoms. The zero-order chi connectivity index (χ0) is 29.8. The summed E-state index contributed by atoms with van der Waals surface area (Å²) in [5.41, 5.74) is 0.436. The Morgan fingerprint density at radius 1 is 1.03 bits per heavy atom. The number of hydrogen-bond donors (Lipinski definition) is 2. The normalized spacial score (nSPS) is 14.1. The number of hydrogen-bond acceptors (Lipinski definition) is 6. The maximum absolute atomic E-state index is 14.2. The average molecular weight is 544 g/mol. The van der Waals surface area contributed by atoms with Crippen LogP contribution in [0, 0.1) is 18.3 Å². The van der Waals surface area contributed by atoms with Crippen molar-refractivity contribution in [2.45, 2.75) is 98.4 Å². The van der Waals surface area contributed by atoms with E-state index in [2.05, 4.69) is 16.6 Å². The zero-order valence-corrected chi connectivity index (χ0v) is 24.6. The summed E-state index contributed by atoms with van der Waals surface area (Å²) in [6, 6.07) is 4.52. The Bertz CT molecular complexity index is 1010. The standard InChI is InChI=1S/C30H45N3O6/c1-10-20(5)25(32-29(37)39-30(7,8)9)28(36)33(21(6)11-2)26(23-16-14-22(12-3)15-17-23)27(35)31-19-18-24(34)38-13-4/h3,14-17,20-21,25-26H,10-11,13,18-19H2,1-2,4-9H3,(H,31,35)(H,32,37). The lowest BCUT2D eigenvalue weighted by Crippen LogP contribution is -2.57. The van der Waals surface area contributed by atoms with Crippen LogP contribution < -0.4 is 10.6 Å². The fourth-order valence-corrected chi connectivity index (χ4v) is 3.89. The van der Waals surface area contributed by atoms with Crippen LogP contribution in [0.3, 0.4) is 0 Å². The maximum atomic E-state index is 14.2.